The van der Waals surface area contributed by atoms with Crippen LogP contribution in [0.1, 0.15) is 44.9 Å². The van der Waals surface area contributed by atoms with Crippen molar-refractivity contribution in [2.75, 3.05) is 39.5 Å². The summed E-state index contributed by atoms with van der Waals surface area (Å²) in [6, 6.07) is 0. The van der Waals surface area contributed by atoms with Gasteiger partial charge in [-0.3, -0.25) is 4.90 Å². The molecule has 1 aliphatic rings. The van der Waals surface area contributed by atoms with Gasteiger partial charge in [0.1, 0.15) is 6.10 Å². The van der Waals surface area contributed by atoms with Gasteiger partial charge in [0.2, 0.25) is 12.1 Å². The molecular weight excluding hydrogens is 262 g/mol. The van der Waals surface area contributed by atoms with Gasteiger partial charge in [-0.25, -0.2) is 0 Å². The summed E-state index contributed by atoms with van der Waals surface area (Å²) in [4.78, 5) is 6.66. The van der Waals surface area contributed by atoms with Crippen LogP contribution in [0.3, 0.4) is 0 Å². The Morgan fingerprint density at radius 2 is 2.05 bits per heavy atom. The molecule has 1 aromatic heterocycles. The first-order chi connectivity index (χ1) is 9.78. The first-order valence-electron chi connectivity index (χ1n) is 7.19. The third-order valence-corrected chi connectivity index (χ3v) is 3.18. The van der Waals surface area contributed by atoms with Crippen LogP contribution in [0.25, 0.3) is 0 Å². The Balaban J connectivity index is 2.03. The largest absolute Gasteiger partial charge is 0.367 e. The van der Waals surface area contributed by atoms with E-state index in [-0.39, 0.29) is 6.10 Å². The quantitative estimate of drug-likeness (QED) is 0.704. The molecule has 1 aromatic rings. The average Bonchev–Trinajstić information content (AvgIpc) is 2.97. The molecule has 0 amide bonds. The number of aromatic nitrogens is 2. The Morgan fingerprint density at radius 1 is 1.30 bits per heavy atom. The molecule has 0 aliphatic carbocycles. The van der Waals surface area contributed by atoms with Crippen LogP contribution in [0.5, 0.6) is 0 Å². The zero-order valence-corrected chi connectivity index (χ0v) is 12.4. The first-order valence-corrected chi connectivity index (χ1v) is 7.19. The zero-order chi connectivity index (χ0) is 14.4. The third kappa shape index (κ3) is 3.76. The van der Waals surface area contributed by atoms with Gasteiger partial charge in [0.05, 0.1) is 6.61 Å². The lowest BCUT2D eigenvalue weighted by atomic mass is 10.2. The van der Waals surface area contributed by atoms with Crippen LogP contribution < -0.4 is 0 Å². The van der Waals surface area contributed by atoms with Crippen molar-refractivity contribution in [1.82, 2.24) is 15.0 Å². The second-order valence-electron chi connectivity index (χ2n) is 4.49. The lowest BCUT2D eigenvalue weighted by molar-refractivity contribution is -0.155. The molecule has 1 fully saturated rings. The van der Waals surface area contributed by atoms with E-state index in [0.717, 1.165) is 19.6 Å². The van der Waals surface area contributed by atoms with Crippen molar-refractivity contribution >= 4 is 0 Å². The van der Waals surface area contributed by atoms with Crippen molar-refractivity contribution in [3.05, 3.63) is 11.7 Å². The molecule has 0 radical (unpaired) electrons. The van der Waals surface area contributed by atoms with Gasteiger partial charge in [-0.2, -0.15) is 4.98 Å². The van der Waals surface area contributed by atoms with Crippen molar-refractivity contribution in [2.24, 2.45) is 0 Å². The molecule has 2 heterocycles. The molecule has 0 spiro atoms. The summed E-state index contributed by atoms with van der Waals surface area (Å²) in [6.07, 6.45) is -0.748. The van der Waals surface area contributed by atoms with Gasteiger partial charge in [-0.15, -0.1) is 0 Å². The van der Waals surface area contributed by atoms with Crippen molar-refractivity contribution in [2.45, 2.75) is 33.2 Å². The average molecular weight is 285 g/mol. The molecule has 1 unspecified atom stereocenters. The maximum absolute atomic E-state index is 5.70. The molecular formula is C13H23N3O4. The van der Waals surface area contributed by atoms with E-state index in [0.29, 0.717) is 31.5 Å². The van der Waals surface area contributed by atoms with Crippen molar-refractivity contribution in [1.29, 1.82) is 0 Å². The second kappa shape index (κ2) is 7.68. The standard InChI is InChI=1S/C13H23N3O4/c1-4-16-7-8-19-10(9-16)11-14-12(20-15-11)13(17-5-2)18-6-3/h10,13H,4-9H2,1-3H3. The van der Waals surface area contributed by atoms with Gasteiger partial charge in [0, 0.05) is 26.3 Å². The molecule has 0 N–H and O–H groups in total. The Hall–Kier alpha value is -1.02. The minimum atomic E-state index is -0.600. The molecule has 0 aromatic carbocycles. The second-order valence-corrected chi connectivity index (χ2v) is 4.49. The van der Waals surface area contributed by atoms with Gasteiger partial charge >= 0.3 is 0 Å². The monoisotopic (exact) mass is 285 g/mol. The van der Waals surface area contributed by atoms with Crippen LogP contribution in [0, 0.1) is 0 Å². The summed E-state index contributed by atoms with van der Waals surface area (Å²) >= 11 is 0. The maximum Gasteiger partial charge on any atom is 0.283 e. The molecule has 0 bridgehead atoms. The van der Waals surface area contributed by atoms with Gasteiger partial charge in [-0.05, 0) is 20.4 Å². The fourth-order valence-corrected chi connectivity index (χ4v) is 2.11. The molecule has 2 rings (SSSR count). The predicted octanol–water partition coefficient (Wildman–Crippen LogP) is 1.53. The normalized spacial score (nSPS) is 20.7. The number of rotatable bonds is 7. The van der Waals surface area contributed by atoms with Gasteiger partial charge < -0.3 is 18.7 Å². The van der Waals surface area contributed by atoms with Crippen LogP contribution in [0.2, 0.25) is 0 Å². The minimum Gasteiger partial charge on any atom is -0.367 e. The van der Waals surface area contributed by atoms with E-state index in [4.69, 9.17) is 18.7 Å². The van der Waals surface area contributed by atoms with E-state index in [2.05, 4.69) is 22.0 Å². The number of hydrogen-bond donors (Lipinski definition) is 0. The molecule has 20 heavy (non-hydrogen) atoms. The highest BCUT2D eigenvalue weighted by Gasteiger charge is 2.27. The van der Waals surface area contributed by atoms with Crippen molar-refractivity contribution in [3.8, 4) is 0 Å². The Kier molecular flexibility index (Phi) is 5.90. The summed E-state index contributed by atoms with van der Waals surface area (Å²) in [5.41, 5.74) is 0. The van der Waals surface area contributed by atoms with E-state index in [9.17, 15) is 0 Å². The fourth-order valence-electron chi connectivity index (χ4n) is 2.11. The topological polar surface area (TPSA) is 69.9 Å². The first kappa shape index (κ1) is 15.4. The maximum atomic E-state index is 5.70. The Bertz CT molecular complexity index is 393. The highest BCUT2D eigenvalue weighted by Crippen LogP contribution is 2.23. The van der Waals surface area contributed by atoms with Crippen molar-refractivity contribution in [3.63, 3.8) is 0 Å². The molecule has 1 atom stereocenters. The molecule has 1 saturated heterocycles. The number of morpholine rings is 1. The van der Waals surface area contributed by atoms with E-state index < -0.39 is 6.29 Å². The van der Waals surface area contributed by atoms with Crippen LogP contribution in [-0.2, 0) is 14.2 Å². The minimum absolute atomic E-state index is 0.148. The zero-order valence-electron chi connectivity index (χ0n) is 12.4. The molecule has 114 valence electrons. The van der Waals surface area contributed by atoms with Crippen LogP contribution in [0.15, 0.2) is 4.52 Å². The van der Waals surface area contributed by atoms with Crippen LogP contribution in [0.4, 0.5) is 0 Å². The van der Waals surface area contributed by atoms with Crippen LogP contribution >= 0.6 is 0 Å². The Morgan fingerprint density at radius 3 is 2.70 bits per heavy atom. The summed E-state index contributed by atoms with van der Waals surface area (Å²) in [6.45, 7) is 10.4. The van der Waals surface area contributed by atoms with E-state index in [1.807, 2.05) is 13.8 Å². The molecule has 0 saturated carbocycles. The Labute approximate surface area is 119 Å². The summed E-state index contributed by atoms with van der Waals surface area (Å²) in [5.74, 6) is 0.906. The number of nitrogens with zero attached hydrogens (tertiary/aromatic N) is 3. The fraction of sp³-hybridized carbons (Fsp3) is 0.846. The smallest absolute Gasteiger partial charge is 0.283 e. The summed E-state index contributed by atoms with van der Waals surface area (Å²) in [7, 11) is 0. The summed E-state index contributed by atoms with van der Waals surface area (Å²) < 4.78 is 21.8. The number of ether oxygens (including phenoxy) is 3. The molecule has 7 heteroatoms. The van der Waals surface area contributed by atoms with Gasteiger partial charge in [0.25, 0.3) is 5.89 Å². The van der Waals surface area contributed by atoms with Gasteiger partial charge in [-0.1, -0.05) is 12.1 Å². The van der Waals surface area contributed by atoms with E-state index in [1.54, 1.807) is 0 Å². The van der Waals surface area contributed by atoms with E-state index in [1.165, 1.54) is 0 Å². The number of likely N-dealkylation sites (N-methyl/N-ethyl adjacent to an activating group) is 1. The lowest BCUT2D eigenvalue weighted by Crippen LogP contribution is -2.38. The van der Waals surface area contributed by atoms with Crippen molar-refractivity contribution < 1.29 is 18.7 Å². The molecule has 1 aliphatic heterocycles. The lowest BCUT2D eigenvalue weighted by Gasteiger charge is -2.30. The highest BCUT2D eigenvalue weighted by molar-refractivity contribution is 4.95. The highest BCUT2D eigenvalue weighted by atomic mass is 16.7. The van der Waals surface area contributed by atoms with E-state index >= 15 is 0 Å². The SMILES string of the molecule is CCOC(OCC)c1nc(C2CN(CC)CCO2)no1. The third-order valence-electron chi connectivity index (χ3n) is 3.18. The molecule has 7 nitrogen and oxygen atoms in total. The summed E-state index contributed by atoms with van der Waals surface area (Å²) in [5, 5.41) is 4.00. The van der Waals surface area contributed by atoms with Crippen LogP contribution in [-0.4, -0.2) is 54.5 Å². The number of hydrogen-bond acceptors (Lipinski definition) is 7. The predicted molar refractivity (Wildman–Crippen MR) is 71.1 cm³/mol. The van der Waals surface area contributed by atoms with Gasteiger partial charge in [0.15, 0.2) is 0 Å².